The van der Waals surface area contributed by atoms with E-state index in [1.165, 1.54) is 0 Å². The van der Waals surface area contributed by atoms with Crippen molar-refractivity contribution in [2.24, 2.45) is 5.84 Å². The van der Waals surface area contributed by atoms with Gasteiger partial charge in [-0.2, -0.15) is 0 Å². The predicted octanol–water partition coefficient (Wildman–Crippen LogP) is -0.133. The maximum absolute atomic E-state index is 12.1. The Hall–Kier alpha value is -2.25. The molecule has 0 saturated heterocycles. The molecule has 1 aliphatic heterocycles. The molecule has 1 aromatic heterocycles. The fourth-order valence-electron chi connectivity index (χ4n) is 2.66. The molecule has 0 aliphatic carbocycles. The minimum atomic E-state index is -0.286. The molecule has 110 valence electrons. The summed E-state index contributed by atoms with van der Waals surface area (Å²) in [4.78, 5) is 14.3. The number of carbonyl (C=O) groups is 1. The van der Waals surface area contributed by atoms with E-state index >= 15 is 0 Å². The highest BCUT2D eigenvalue weighted by atomic mass is 16.2. The second-order valence-corrected chi connectivity index (χ2v) is 5.15. The molecule has 0 fully saturated rings. The molecule has 0 radical (unpaired) electrons. The molecular formula is C14H18N6O. The summed E-state index contributed by atoms with van der Waals surface area (Å²) in [7, 11) is 0. The number of hydrazine groups is 1. The van der Waals surface area contributed by atoms with Gasteiger partial charge in [0.05, 0.1) is 12.5 Å². The maximum Gasteiger partial charge on any atom is 0.242 e. The SMILES string of the molecule is NNC(=O)C(CN1CCn2cnnc2C1)c1ccccc1. The Morgan fingerprint density at radius 2 is 2.14 bits per heavy atom. The van der Waals surface area contributed by atoms with E-state index in [4.69, 9.17) is 5.84 Å². The summed E-state index contributed by atoms with van der Waals surface area (Å²) < 4.78 is 2.04. The van der Waals surface area contributed by atoms with Gasteiger partial charge in [-0.05, 0) is 5.56 Å². The first-order valence-corrected chi connectivity index (χ1v) is 6.92. The number of fused-ring (bicyclic) bond motifs is 1. The number of benzene rings is 1. The highest BCUT2D eigenvalue weighted by Crippen LogP contribution is 2.19. The van der Waals surface area contributed by atoms with Crippen LogP contribution >= 0.6 is 0 Å². The summed E-state index contributed by atoms with van der Waals surface area (Å²) in [6.45, 7) is 3.02. The van der Waals surface area contributed by atoms with Crippen molar-refractivity contribution in [2.45, 2.75) is 19.0 Å². The molecule has 1 aromatic carbocycles. The van der Waals surface area contributed by atoms with E-state index < -0.39 is 0 Å². The van der Waals surface area contributed by atoms with Gasteiger partial charge in [-0.25, -0.2) is 5.84 Å². The summed E-state index contributed by atoms with van der Waals surface area (Å²) in [6, 6.07) is 9.70. The largest absolute Gasteiger partial charge is 0.315 e. The van der Waals surface area contributed by atoms with Gasteiger partial charge in [0.25, 0.3) is 0 Å². The molecule has 1 unspecified atom stereocenters. The van der Waals surface area contributed by atoms with Gasteiger partial charge < -0.3 is 4.57 Å². The molecule has 2 aromatic rings. The zero-order chi connectivity index (χ0) is 14.7. The summed E-state index contributed by atoms with van der Waals surface area (Å²) in [6.07, 6.45) is 1.74. The molecule has 1 amide bonds. The van der Waals surface area contributed by atoms with Crippen LogP contribution in [0.5, 0.6) is 0 Å². The predicted molar refractivity (Wildman–Crippen MR) is 76.8 cm³/mol. The highest BCUT2D eigenvalue weighted by molar-refractivity contribution is 5.83. The Labute approximate surface area is 122 Å². The van der Waals surface area contributed by atoms with Gasteiger partial charge in [-0.15, -0.1) is 10.2 Å². The minimum Gasteiger partial charge on any atom is -0.315 e. The van der Waals surface area contributed by atoms with Crippen molar-refractivity contribution < 1.29 is 4.79 Å². The number of nitrogens with zero attached hydrogens (tertiary/aromatic N) is 4. The summed E-state index contributed by atoms with van der Waals surface area (Å²) in [5.74, 6) is 5.80. The molecule has 3 rings (SSSR count). The van der Waals surface area contributed by atoms with Crippen LogP contribution in [0.15, 0.2) is 36.7 Å². The highest BCUT2D eigenvalue weighted by Gasteiger charge is 2.25. The number of amides is 1. The Balaban J connectivity index is 1.75. The second kappa shape index (κ2) is 6.02. The molecule has 2 heterocycles. The fraction of sp³-hybridized carbons (Fsp3) is 0.357. The Morgan fingerprint density at radius 1 is 1.33 bits per heavy atom. The first-order valence-electron chi connectivity index (χ1n) is 6.92. The smallest absolute Gasteiger partial charge is 0.242 e. The van der Waals surface area contributed by atoms with Crippen molar-refractivity contribution in [2.75, 3.05) is 13.1 Å². The lowest BCUT2D eigenvalue weighted by Gasteiger charge is -2.30. The molecule has 1 aliphatic rings. The minimum absolute atomic E-state index is 0.173. The van der Waals surface area contributed by atoms with Gasteiger partial charge in [0.2, 0.25) is 5.91 Å². The van der Waals surface area contributed by atoms with Crippen LogP contribution in [-0.4, -0.2) is 38.7 Å². The molecule has 0 bridgehead atoms. The average Bonchev–Trinajstić information content (AvgIpc) is 3.00. The van der Waals surface area contributed by atoms with E-state index in [2.05, 4.69) is 20.5 Å². The third-order valence-electron chi connectivity index (χ3n) is 3.82. The maximum atomic E-state index is 12.1. The van der Waals surface area contributed by atoms with E-state index in [0.29, 0.717) is 13.1 Å². The molecule has 0 spiro atoms. The number of nitrogens with two attached hydrogens (primary N) is 1. The number of nitrogens with one attached hydrogen (secondary N) is 1. The molecule has 1 atom stereocenters. The molecule has 7 nitrogen and oxygen atoms in total. The van der Waals surface area contributed by atoms with Crippen LogP contribution in [0.1, 0.15) is 17.3 Å². The molecular weight excluding hydrogens is 268 g/mol. The van der Waals surface area contributed by atoms with Crippen LogP contribution in [0.25, 0.3) is 0 Å². The standard InChI is InChI=1S/C14H18N6O/c15-17-14(21)12(11-4-2-1-3-5-11)8-19-6-7-20-10-16-18-13(20)9-19/h1-5,10,12H,6-9,15H2,(H,17,21). The van der Waals surface area contributed by atoms with Crippen LogP contribution in [0.3, 0.4) is 0 Å². The monoisotopic (exact) mass is 286 g/mol. The Kier molecular flexibility index (Phi) is 3.94. The lowest BCUT2D eigenvalue weighted by Crippen LogP contribution is -2.42. The zero-order valence-corrected chi connectivity index (χ0v) is 11.6. The van der Waals surface area contributed by atoms with Gasteiger partial charge in [0, 0.05) is 19.6 Å². The van der Waals surface area contributed by atoms with Crippen molar-refractivity contribution in [1.82, 2.24) is 25.1 Å². The normalized spacial score (nSPS) is 16.2. The van der Waals surface area contributed by atoms with Crippen molar-refractivity contribution in [1.29, 1.82) is 0 Å². The number of carbonyl (C=O) groups excluding carboxylic acids is 1. The first-order chi connectivity index (χ1) is 10.3. The third kappa shape index (κ3) is 2.93. The van der Waals surface area contributed by atoms with E-state index in [-0.39, 0.29) is 11.8 Å². The lowest BCUT2D eigenvalue weighted by atomic mass is 9.97. The second-order valence-electron chi connectivity index (χ2n) is 5.15. The van der Waals surface area contributed by atoms with Gasteiger partial charge in [-0.1, -0.05) is 30.3 Å². The molecule has 21 heavy (non-hydrogen) atoms. The topological polar surface area (TPSA) is 89.1 Å². The van der Waals surface area contributed by atoms with Gasteiger partial charge in [0.1, 0.15) is 12.2 Å². The first kappa shape index (κ1) is 13.7. The van der Waals surface area contributed by atoms with Crippen molar-refractivity contribution >= 4 is 5.91 Å². The van der Waals surface area contributed by atoms with E-state index in [0.717, 1.165) is 24.5 Å². The summed E-state index contributed by atoms with van der Waals surface area (Å²) >= 11 is 0. The third-order valence-corrected chi connectivity index (χ3v) is 3.82. The van der Waals surface area contributed by atoms with Gasteiger partial charge in [0.15, 0.2) is 0 Å². The number of rotatable bonds is 4. The van der Waals surface area contributed by atoms with E-state index in [1.54, 1.807) is 6.33 Å². The van der Waals surface area contributed by atoms with Crippen LogP contribution in [0.2, 0.25) is 0 Å². The van der Waals surface area contributed by atoms with Crippen molar-refractivity contribution in [3.8, 4) is 0 Å². The van der Waals surface area contributed by atoms with Crippen LogP contribution in [0, 0.1) is 0 Å². The van der Waals surface area contributed by atoms with E-state index in [1.807, 2.05) is 34.9 Å². The van der Waals surface area contributed by atoms with E-state index in [9.17, 15) is 4.79 Å². The fourth-order valence-corrected chi connectivity index (χ4v) is 2.66. The zero-order valence-electron chi connectivity index (χ0n) is 11.6. The van der Waals surface area contributed by atoms with Crippen LogP contribution < -0.4 is 11.3 Å². The quantitative estimate of drug-likeness (QED) is 0.464. The summed E-state index contributed by atoms with van der Waals surface area (Å²) in [5.41, 5.74) is 3.23. The lowest BCUT2D eigenvalue weighted by molar-refractivity contribution is -0.123. The van der Waals surface area contributed by atoms with Crippen LogP contribution in [-0.2, 0) is 17.9 Å². The molecule has 3 N–H and O–H groups in total. The molecule has 7 heteroatoms. The number of aromatic nitrogens is 3. The van der Waals surface area contributed by atoms with Gasteiger partial charge >= 0.3 is 0 Å². The van der Waals surface area contributed by atoms with Crippen molar-refractivity contribution in [3.63, 3.8) is 0 Å². The van der Waals surface area contributed by atoms with Gasteiger partial charge in [-0.3, -0.25) is 15.1 Å². The molecule has 0 saturated carbocycles. The number of hydrogen-bond acceptors (Lipinski definition) is 5. The Morgan fingerprint density at radius 3 is 2.90 bits per heavy atom. The number of hydrogen-bond donors (Lipinski definition) is 2. The average molecular weight is 286 g/mol. The Bertz CT molecular complexity index is 611. The van der Waals surface area contributed by atoms with Crippen molar-refractivity contribution in [3.05, 3.63) is 48.0 Å². The van der Waals surface area contributed by atoms with Crippen LogP contribution in [0.4, 0.5) is 0 Å². The summed E-state index contributed by atoms with van der Waals surface area (Å²) in [5, 5.41) is 8.01.